The monoisotopic (exact) mass is 318 g/mol. The number of hydrogen-bond acceptors (Lipinski definition) is 3. The van der Waals surface area contributed by atoms with Crippen LogP contribution in [0.3, 0.4) is 0 Å². The molecule has 3 aliphatic carbocycles. The lowest BCUT2D eigenvalue weighted by Gasteiger charge is -2.18. The standard InChI is InChI=1S/C20H18N2O2/c23-18-16-14-8-9-15(20(14)10-11-20)17(16)19(24)22(18)21-12-4-7-13-5-2-1-3-6-13/h1-9,12,14-17H,10-11H2/b7-4+,21-12-/t14-,15-,16-,17+/m1/s1. The van der Waals surface area contributed by atoms with E-state index in [4.69, 9.17) is 0 Å². The fourth-order valence-corrected chi connectivity index (χ4v) is 5.00. The molecule has 24 heavy (non-hydrogen) atoms. The highest BCUT2D eigenvalue weighted by Gasteiger charge is 2.73. The van der Waals surface area contributed by atoms with Gasteiger partial charge in [0.25, 0.3) is 11.8 Å². The fourth-order valence-electron chi connectivity index (χ4n) is 5.00. The van der Waals surface area contributed by atoms with E-state index in [0.29, 0.717) is 0 Å². The molecule has 0 radical (unpaired) electrons. The number of carbonyl (C=O) groups is 2. The molecule has 2 amide bonds. The molecular weight excluding hydrogens is 300 g/mol. The molecule has 5 rings (SSSR count). The molecular formula is C20H18N2O2. The van der Waals surface area contributed by atoms with Crippen LogP contribution >= 0.6 is 0 Å². The van der Waals surface area contributed by atoms with Gasteiger partial charge in [0, 0.05) is 6.21 Å². The molecule has 1 aliphatic heterocycles. The molecule has 3 fully saturated rings. The molecule has 4 atom stereocenters. The van der Waals surface area contributed by atoms with Gasteiger partial charge in [-0.25, -0.2) is 0 Å². The molecule has 0 aromatic heterocycles. The van der Waals surface area contributed by atoms with Crippen LogP contribution in [0.25, 0.3) is 6.08 Å². The quantitative estimate of drug-likeness (QED) is 0.489. The Hall–Kier alpha value is -2.49. The van der Waals surface area contributed by atoms with Crippen LogP contribution in [0.2, 0.25) is 0 Å². The highest BCUT2D eigenvalue weighted by atomic mass is 16.2. The molecule has 1 aromatic carbocycles. The maximum Gasteiger partial charge on any atom is 0.254 e. The van der Waals surface area contributed by atoms with E-state index in [1.54, 1.807) is 6.08 Å². The molecule has 120 valence electrons. The third kappa shape index (κ3) is 1.71. The average Bonchev–Trinajstić information content (AvgIpc) is 3.20. The van der Waals surface area contributed by atoms with Gasteiger partial charge < -0.3 is 0 Å². The smallest absolute Gasteiger partial charge is 0.254 e. The number of rotatable bonds is 3. The van der Waals surface area contributed by atoms with Crippen molar-refractivity contribution in [1.82, 2.24) is 5.01 Å². The van der Waals surface area contributed by atoms with Crippen molar-refractivity contribution in [2.45, 2.75) is 12.8 Å². The van der Waals surface area contributed by atoms with Crippen molar-refractivity contribution in [3.05, 3.63) is 54.1 Å². The zero-order chi connectivity index (χ0) is 16.3. The van der Waals surface area contributed by atoms with E-state index >= 15 is 0 Å². The van der Waals surface area contributed by atoms with Gasteiger partial charge in [0.1, 0.15) is 0 Å². The second-order valence-electron chi connectivity index (χ2n) is 7.24. The molecule has 1 spiro atoms. The van der Waals surface area contributed by atoms with Crippen molar-refractivity contribution in [2.24, 2.45) is 34.2 Å². The van der Waals surface area contributed by atoms with Gasteiger partial charge in [0.2, 0.25) is 0 Å². The highest BCUT2D eigenvalue weighted by molar-refractivity contribution is 6.07. The van der Waals surface area contributed by atoms with Gasteiger partial charge in [0.15, 0.2) is 0 Å². The molecule has 2 saturated carbocycles. The van der Waals surface area contributed by atoms with Crippen molar-refractivity contribution >= 4 is 24.1 Å². The van der Waals surface area contributed by atoms with Crippen LogP contribution in [-0.2, 0) is 9.59 Å². The van der Waals surface area contributed by atoms with Crippen molar-refractivity contribution < 1.29 is 9.59 Å². The minimum absolute atomic E-state index is 0.113. The molecule has 4 nitrogen and oxygen atoms in total. The second-order valence-corrected chi connectivity index (χ2v) is 7.24. The van der Waals surface area contributed by atoms with E-state index in [9.17, 15) is 9.59 Å². The summed E-state index contributed by atoms with van der Waals surface area (Å²) in [4.78, 5) is 25.4. The number of hydrazone groups is 1. The van der Waals surface area contributed by atoms with E-state index in [2.05, 4.69) is 17.3 Å². The number of nitrogens with zero attached hydrogens (tertiary/aromatic N) is 2. The van der Waals surface area contributed by atoms with Crippen molar-refractivity contribution in [1.29, 1.82) is 0 Å². The Balaban J connectivity index is 1.34. The molecule has 1 saturated heterocycles. The Morgan fingerprint density at radius 1 is 1.00 bits per heavy atom. The van der Waals surface area contributed by atoms with Crippen LogP contribution in [0.1, 0.15) is 18.4 Å². The van der Waals surface area contributed by atoms with E-state index in [0.717, 1.165) is 23.4 Å². The Labute approximate surface area is 140 Å². The summed E-state index contributed by atoms with van der Waals surface area (Å²) in [6, 6.07) is 9.85. The van der Waals surface area contributed by atoms with Gasteiger partial charge in [-0.2, -0.15) is 10.1 Å². The van der Waals surface area contributed by atoms with Gasteiger partial charge in [-0.05, 0) is 41.7 Å². The molecule has 4 aliphatic rings. The highest BCUT2D eigenvalue weighted by Crippen LogP contribution is 2.73. The van der Waals surface area contributed by atoms with Crippen LogP contribution in [-0.4, -0.2) is 23.0 Å². The predicted molar refractivity (Wildman–Crippen MR) is 90.6 cm³/mol. The van der Waals surface area contributed by atoms with E-state index in [1.165, 1.54) is 6.21 Å². The van der Waals surface area contributed by atoms with Crippen molar-refractivity contribution in [2.75, 3.05) is 0 Å². The number of fused-ring (bicyclic) bond motifs is 3. The summed E-state index contributed by atoms with van der Waals surface area (Å²) in [6.45, 7) is 0. The van der Waals surface area contributed by atoms with Crippen LogP contribution in [0.15, 0.2) is 53.7 Å². The van der Waals surface area contributed by atoms with Gasteiger partial charge in [-0.1, -0.05) is 48.6 Å². The summed E-state index contributed by atoms with van der Waals surface area (Å²) in [7, 11) is 0. The maximum absolute atomic E-state index is 12.7. The van der Waals surface area contributed by atoms with E-state index < -0.39 is 0 Å². The molecule has 1 heterocycles. The summed E-state index contributed by atoms with van der Waals surface area (Å²) in [5, 5.41) is 5.25. The van der Waals surface area contributed by atoms with Gasteiger partial charge in [0.05, 0.1) is 11.8 Å². The molecule has 0 unspecified atom stereocenters. The minimum Gasteiger partial charge on any atom is -0.272 e. The summed E-state index contributed by atoms with van der Waals surface area (Å²) in [5.41, 5.74) is 1.29. The van der Waals surface area contributed by atoms with Gasteiger partial charge in [-0.3, -0.25) is 9.59 Å². The lowest BCUT2D eigenvalue weighted by Crippen LogP contribution is -2.30. The Morgan fingerprint density at radius 2 is 1.62 bits per heavy atom. The van der Waals surface area contributed by atoms with E-state index in [1.807, 2.05) is 36.4 Å². The average molecular weight is 318 g/mol. The summed E-state index contributed by atoms with van der Waals surface area (Å²) in [6.07, 6.45) is 11.9. The fraction of sp³-hybridized carbons (Fsp3) is 0.350. The Kier molecular flexibility index (Phi) is 2.76. The summed E-state index contributed by atoms with van der Waals surface area (Å²) >= 11 is 0. The largest absolute Gasteiger partial charge is 0.272 e. The summed E-state index contributed by atoms with van der Waals surface area (Å²) < 4.78 is 0. The summed E-state index contributed by atoms with van der Waals surface area (Å²) in [5.74, 6) is -0.0708. The van der Waals surface area contributed by atoms with Crippen molar-refractivity contribution in [3.63, 3.8) is 0 Å². The van der Waals surface area contributed by atoms with Gasteiger partial charge in [-0.15, -0.1) is 0 Å². The molecule has 1 aromatic rings. The van der Waals surface area contributed by atoms with Crippen LogP contribution in [0, 0.1) is 29.1 Å². The molecule has 2 bridgehead atoms. The number of carbonyl (C=O) groups excluding carboxylic acids is 2. The number of benzene rings is 1. The second kappa shape index (κ2) is 4.76. The molecule has 4 heteroatoms. The number of allylic oxidation sites excluding steroid dienone is 3. The van der Waals surface area contributed by atoms with Crippen LogP contribution in [0.4, 0.5) is 0 Å². The third-order valence-corrected chi connectivity index (χ3v) is 6.19. The first-order valence-corrected chi connectivity index (χ1v) is 8.54. The first kappa shape index (κ1) is 13.9. The topological polar surface area (TPSA) is 49.7 Å². The first-order chi connectivity index (χ1) is 11.7. The number of hydrogen-bond donors (Lipinski definition) is 0. The predicted octanol–water partition coefficient (Wildman–Crippen LogP) is 2.88. The third-order valence-electron chi connectivity index (χ3n) is 6.19. The SMILES string of the molecule is O=C1[C@@H]2[C@H](C(=O)N1/N=C\C=C\c1ccccc1)[C@H]1C=C[C@H]2C12CC2. The Morgan fingerprint density at radius 3 is 2.21 bits per heavy atom. The first-order valence-electron chi connectivity index (χ1n) is 8.54. The Bertz CT molecular complexity index is 770. The number of imide groups is 1. The molecule has 0 N–H and O–H groups in total. The maximum atomic E-state index is 12.7. The minimum atomic E-state index is -0.176. The number of amides is 2. The van der Waals surface area contributed by atoms with Crippen LogP contribution in [0.5, 0.6) is 0 Å². The van der Waals surface area contributed by atoms with Gasteiger partial charge >= 0.3 is 0 Å². The lowest BCUT2D eigenvalue weighted by molar-refractivity contribution is -0.141. The zero-order valence-corrected chi connectivity index (χ0v) is 13.2. The van der Waals surface area contributed by atoms with E-state index in [-0.39, 0.29) is 40.9 Å². The van der Waals surface area contributed by atoms with Crippen molar-refractivity contribution in [3.8, 4) is 0 Å². The lowest BCUT2D eigenvalue weighted by atomic mass is 9.85. The zero-order valence-electron chi connectivity index (χ0n) is 13.2. The van der Waals surface area contributed by atoms with Crippen LogP contribution < -0.4 is 0 Å². The normalized spacial score (nSPS) is 35.1.